The third-order valence-corrected chi connectivity index (χ3v) is 8.77. The van der Waals surface area contributed by atoms with Crippen molar-refractivity contribution < 1.29 is 13.2 Å². The van der Waals surface area contributed by atoms with Gasteiger partial charge in [0.05, 0.1) is 27.8 Å². The lowest BCUT2D eigenvalue weighted by Crippen LogP contribution is -2.15. The van der Waals surface area contributed by atoms with E-state index in [0.29, 0.717) is 33.7 Å². The zero-order valence-corrected chi connectivity index (χ0v) is 21.7. The van der Waals surface area contributed by atoms with Crippen molar-refractivity contribution in [3.05, 3.63) is 83.8 Å². The van der Waals surface area contributed by atoms with Gasteiger partial charge in [0.15, 0.2) is 5.65 Å². The van der Waals surface area contributed by atoms with E-state index in [1.54, 1.807) is 54.9 Å². The molecule has 3 aromatic heterocycles. The summed E-state index contributed by atoms with van der Waals surface area (Å²) >= 11 is 6.61. The molecule has 1 saturated carbocycles. The first-order chi connectivity index (χ1) is 18.3. The van der Waals surface area contributed by atoms with Gasteiger partial charge in [0.25, 0.3) is 10.0 Å². The standard InChI is InChI=1S/C28H20ClN5O3S/c1-16-2-4-20(5-3-16)38(36,37)34-9-7-22-21(6-8-31-27(22)34)17-10-18-13-26(32-15-24(18)25(29)12-17)33-28(35)23-11-19(23)14-30/h2-10,12-13,15,19,23H,11H2,1H3,(H,32,33,35)/t19-,23+/m0/s1. The Morgan fingerprint density at radius 3 is 2.63 bits per heavy atom. The van der Waals surface area contributed by atoms with Crippen LogP contribution in [0.1, 0.15) is 12.0 Å². The number of rotatable bonds is 5. The lowest BCUT2D eigenvalue weighted by atomic mass is 10.0. The molecule has 1 N–H and O–H groups in total. The summed E-state index contributed by atoms with van der Waals surface area (Å²) in [5.74, 6) is -0.405. The van der Waals surface area contributed by atoms with Gasteiger partial charge in [-0.2, -0.15) is 5.26 Å². The van der Waals surface area contributed by atoms with Crippen molar-refractivity contribution in [3.8, 4) is 17.2 Å². The first-order valence-electron chi connectivity index (χ1n) is 11.8. The summed E-state index contributed by atoms with van der Waals surface area (Å²) in [5.41, 5.74) is 2.79. The van der Waals surface area contributed by atoms with Gasteiger partial charge < -0.3 is 5.32 Å². The van der Waals surface area contributed by atoms with Gasteiger partial charge >= 0.3 is 0 Å². The Bertz CT molecular complexity index is 1910. The number of pyridine rings is 2. The number of nitrogens with zero attached hydrogens (tertiary/aromatic N) is 4. The van der Waals surface area contributed by atoms with Crippen LogP contribution in [0.4, 0.5) is 5.82 Å². The van der Waals surface area contributed by atoms with Crippen molar-refractivity contribution in [2.45, 2.75) is 18.2 Å². The molecule has 1 aliphatic carbocycles. The highest BCUT2D eigenvalue weighted by atomic mass is 35.5. The van der Waals surface area contributed by atoms with E-state index >= 15 is 0 Å². The van der Waals surface area contributed by atoms with Crippen molar-refractivity contribution >= 4 is 55.2 Å². The van der Waals surface area contributed by atoms with E-state index < -0.39 is 10.0 Å². The molecule has 0 aliphatic heterocycles. The van der Waals surface area contributed by atoms with E-state index in [-0.39, 0.29) is 22.6 Å². The highest BCUT2D eigenvalue weighted by molar-refractivity contribution is 7.90. The van der Waals surface area contributed by atoms with Gasteiger partial charge in [-0.15, -0.1) is 0 Å². The van der Waals surface area contributed by atoms with Crippen LogP contribution in [0.2, 0.25) is 5.02 Å². The average molecular weight is 542 g/mol. The summed E-state index contributed by atoms with van der Waals surface area (Å²) in [5, 5.41) is 14.3. The molecule has 0 bridgehead atoms. The van der Waals surface area contributed by atoms with Crippen molar-refractivity contribution in [1.29, 1.82) is 5.26 Å². The number of carbonyl (C=O) groups excluding carboxylic acids is 1. The monoisotopic (exact) mass is 541 g/mol. The minimum absolute atomic E-state index is 0.177. The third-order valence-electron chi connectivity index (χ3n) is 6.77. The van der Waals surface area contributed by atoms with Gasteiger partial charge in [0, 0.05) is 29.4 Å². The number of halogens is 1. The van der Waals surface area contributed by atoms with Crippen molar-refractivity contribution in [3.63, 3.8) is 0 Å². The second-order valence-corrected chi connectivity index (χ2v) is 11.6. The largest absolute Gasteiger partial charge is 0.310 e. The molecule has 6 rings (SSSR count). The number of hydrogen-bond donors (Lipinski definition) is 1. The molecule has 5 aromatic rings. The van der Waals surface area contributed by atoms with Crippen molar-refractivity contribution in [1.82, 2.24) is 13.9 Å². The van der Waals surface area contributed by atoms with Crippen LogP contribution < -0.4 is 5.32 Å². The van der Waals surface area contributed by atoms with Crippen molar-refractivity contribution in [2.24, 2.45) is 11.8 Å². The summed E-state index contributed by atoms with van der Waals surface area (Å²) in [4.78, 5) is 21.3. The van der Waals surface area contributed by atoms with E-state index in [9.17, 15) is 13.2 Å². The Morgan fingerprint density at radius 2 is 1.89 bits per heavy atom. The first-order valence-corrected chi connectivity index (χ1v) is 13.7. The molecular formula is C28H20ClN5O3S. The highest BCUT2D eigenvalue weighted by Crippen LogP contribution is 2.39. The second kappa shape index (κ2) is 8.94. The van der Waals surface area contributed by atoms with Crippen LogP contribution in [0.3, 0.4) is 0 Å². The average Bonchev–Trinajstić information content (AvgIpc) is 3.57. The molecule has 0 saturated heterocycles. The minimum Gasteiger partial charge on any atom is -0.310 e. The topological polar surface area (TPSA) is 118 Å². The molecule has 188 valence electrons. The summed E-state index contributed by atoms with van der Waals surface area (Å²) in [6, 6.07) is 17.8. The first kappa shape index (κ1) is 24.1. The molecule has 8 nitrogen and oxygen atoms in total. The Hall–Kier alpha value is -4.26. The predicted octanol–water partition coefficient (Wildman–Crippen LogP) is 5.55. The van der Waals surface area contributed by atoms with Gasteiger partial charge in [-0.3, -0.25) is 4.79 Å². The molecular weight excluding hydrogens is 522 g/mol. The normalized spacial score (nSPS) is 16.9. The number of nitrogens with one attached hydrogen (secondary N) is 1. The molecule has 10 heteroatoms. The number of aryl methyl sites for hydroxylation is 1. The zero-order chi connectivity index (χ0) is 26.6. The summed E-state index contributed by atoms with van der Waals surface area (Å²) in [7, 11) is -3.85. The lowest BCUT2D eigenvalue weighted by molar-refractivity contribution is -0.117. The van der Waals surface area contributed by atoms with E-state index in [0.717, 1.165) is 22.1 Å². The van der Waals surface area contributed by atoms with Gasteiger partial charge in [0.1, 0.15) is 5.82 Å². The van der Waals surface area contributed by atoms with Crippen LogP contribution in [0.25, 0.3) is 32.9 Å². The number of amides is 1. The number of nitriles is 1. The second-order valence-electron chi connectivity index (χ2n) is 9.34. The molecule has 3 heterocycles. The predicted molar refractivity (Wildman–Crippen MR) is 145 cm³/mol. The number of hydrogen-bond acceptors (Lipinski definition) is 6. The fraction of sp³-hybridized carbons (Fsp3) is 0.143. The van der Waals surface area contributed by atoms with Gasteiger partial charge in [-0.1, -0.05) is 29.3 Å². The number of benzene rings is 2. The highest BCUT2D eigenvalue weighted by Gasteiger charge is 2.43. The van der Waals surface area contributed by atoms with E-state index in [1.807, 2.05) is 19.1 Å². The molecule has 0 radical (unpaired) electrons. The number of fused-ring (bicyclic) bond motifs is 2. The number of aromatic nitrogens is 3. The van der Waals surface area contributed by atoms with Crippen LogP contribution in [0.5, 0.6) is 0 Å². The van der Waals surface area contributed by atoms with Crippen LogP contribution in [-0.2, 0) is 14.8 Å². The molecule has 2 atom stereocenters. The molecule has 0 unspecified atom stereocenters. The van der Waals surface area contributed by atoms with Crippen LogP contribution in [0.15, 0.2) is 78.1 Å². The maximum absolute atomic E-state index is 13.4. The SMILES string of the molecule is Cc1ccc(S(=O)(=O)n2ccc3c(-c4cc(Cl)c5cnc(NC(=O)[C@@H]6C[C@H]6C#N)cc5c4)ccnc32)cc1. The molecule has 38 heavy (non-hydrogen) atoms. The smallest absolute Gasteiger partial charge is 0.269 e. The van der Waals surface area contributed by atoms with Crippen LogP contribution >= 0.6 is 11.6 Å². The molecule has 1 amide bonds. The van der Waals surface area contributed by atoms with Gasteiger partial charge in [-0.25, -0.2) is 22.4 Å². The Kier molecular flexibility index (Phi) is 5.67. The lowest BCUT2D eigenvalue weighted by Gasteiger charge is -2.11. The zero-order valence-electron chi connectivity index (χ0n) is 20.1. The Morgan fingerprint density at radius 1 is 1.11 bits per heavy atom. The fourth-order valence-corrected chi connectivity index (χ4v) is 6.14. The van der Waals surface area contributed by atoms with Gasteiger partial charge in [0.2, 0.25) is 5.91 Å². The molecule has 0 spiro atoms. The van der Waals surface area contributed by atoms with Crippen LogP contribution in [0, 0.1) is 30.1 Å². The van der Waals surface area contributed by atoms with E-state index in [2.05, 4.69) is 21.4 Å². The van der Waals surface area contributed by atoms with E-state index in [4.69, 9.17) is 16.9 Å². The summed E-state index contributed by atoms with van der Waals surface area (Å²) < 4.78 is 27.9. The fourth-order valence-electron chi connectivity index (χ4n) is 4.57. The van der Waals surface area contributed by atoms with Crippen LogP contribution in [-0.4, -0.2) is 28.3 Å². The summed E-state index contributed by atoms with van der Waals surface area (Å²) in [6.07, 6.45) is 5.22. The molecule has 1 aliphatic rings. The quantitative estimate of drug-likeness (QED) is 0.312. The van der Waals surface area contributed by atoms with E-state index in [1.165, 1.54) is 10.2 Å². The maximum atomic E-state index is 13.4. The van der Waals surface area contributed by atoms with Gasteiger partial charge in [-0.05, 0) is 72.3 Å². The number of carbonyl (C=O) groups is 1. The van der Waals surface area contributed by atoms with Crippen molar-refractivity contribution in [2.75, 3.05) is 5.32 Å². The molecule has 2 aromatic carbocycles. The minimum atomic E-state index is -3.85. The maximum Gasteiger partial charge on any atom is 0.269 e. The Labute approximate surface area is 223 Å². The molecule has 1 fully saturated rings. The Balaban J connectivity index is 1.40. The number of anilines is 1. The summed E-state index contributed by atoms with van der Waals surface area (Å²) in [6.45, 7) is 1.90. The third kappa shape index (κ3) is 4.08.